The van der Waals surface area contributed by atoms with Gasteiger partial charge in [0.15, 0.2) is 0 Å². The van der Waals surface area contributed by atoms with E-state index in [9.17, 15) is 0 Å². The van der Waals surface area contributed by atoms with E-state index in [2.05, 4.69) is 69.1 Å². The molecule has 1 N–H and O–H groups in total. The Bertz CT molecular complexity index is 611. The summed E-state index contributed by atoms with van der Waals surface area (Å²) in [6, 6.07) is 0. The largest absolute Gasteiger partial charge is 0.147 e. The Morgan fingerprint density at radius 1 is 1.29 bits per heavy atom. The van der Waals surface area contributed by atoms with E-state index in [0.717, 1.165) is 5.76 Å². The normalized spacial score (nSPS) is 18.8. The number of fused-ring (bicyclic) bond motifs is 1. The van der Waals surface area contributed by atoms with Gasteiger partial charge in [0.05, 0.1) is 0 Å². The zero-order chi connectivity index (χ0) is 14.7. The van der Waals surface area contributed by atoms with Gasteiger partial charge in [0.1, 0.15) is 0 Å². The van der Waals surface area contributed by atoms with E-state index in [0.29, 0.717) is 6.61 Å². The summed E-state index contributed by atoms with van der Waals surface area (Å²) in [5, 5.41) is 0. The molecule has 2 aliphatic rings. The molecule has 0 aromatic carbocycles. The van der Waals surface area contributed by atoms with Gasteiger partial charge in [-0.3, -0.25) is 0 Å². The Morgan fingerprint density at radius 2 is 1.81 bits per heavy atom. The molecule has 1 aliphatic heterocycles. The minimum absolute atomic E-state index is 0. The van der Waals surface area contributed by atoms with E-state index in [1.165, 1.54) is 18.9 Å². The van der Waals surface area contributed by atoms with Gasteiger partial charge < -0.3 is 0 Å². The first-order valence-electron chi connectivity index (χ1n) is 6.72. The first-order chi connectivity index (χ1) is 8.39. The Morgan fingerprint density at radius 3 is 2.29 bits per heavy atom. The van der Waals surface area contributed by atoms with Crippen molar-refractivity contribution in [3.63, 3.8) is 0 Å². The second kappa shape index (κ2) is 6.57. The van der Waals surface area contributed by atoms with Crippen molar-refractivity contribution in [3.8, 4) is 0 Å². The summed E-state index contributed by atoms with van der Waals surface area (Å²) in [5.74, 6) is 1.13. The second-order valence-electron chi connectivity index (χ2n) is 7.70. The smallest absolute Gasteiger partial charge is 0.147 e. The summed E-state index contributed by atoms with van der Waals surface area (Å²) in [7, 11) is 0. The van der Waals surface area contributed by atoms with E-state index in [4.69, 9.17) is 4.74 Å². The molecule has 21 heavy (non-hydrogen) atoms. The van der Waals surface area contributed by atoms with Crippen LogP contribution in [0.1, 0.15) is 27.7 Å². The summed E-state index contributed by atoms with van der Waals surface area (Å²) in [6.07, 6.45) is 2.28. The number of nitrogens with one attached hydrogen (secondary N) is 1. The van der Waals surface area contributed by atoms with Crippen LogP contribution in [-0.2, 0) is 22.4 Å². The average Bonchev–Trinajstić information content (AvgIpc) is 2.60. The van der Waals surface area contributed by atoms with Crippen molar-refractivity contribution in [2.24, 2.45) is 0 Å². The Hall–Kier alpha value is 1.14. The van der Waals surface area contributed by atoms with Crippen molar-refractivity contribution in [1.29, 1.82) is 0 Å². The topological polar surface area (TPSA) is 21.3 Å². The van der Waals surface area contributed by atoms with Gasteiger partial charge in [-0.1, -0.05) is 0 Å². The second-order valence-corrected chi connectivity index (χ2v) is 36.3. The van der Waals surface area contributed by atoms with Gasteiger partial charge in [0.25, 0.3) is 0 Å². The fourth-order valence-corrected chi connectivity index (χ4v) is 21.4. The van der Waals surface area contributed by atoms with Crippen molar-refractivity contribution in [3.05, 3.63) is 30.7 Å². The van der Waals surface area contributed by atoms with Crippen molar-refractivity contribution in [2.45, 2.75) is 42.5 Å². The maximum absolute atomic E-state index is 5.96. The molecular formula is C14H26BrCl2NOSiZr. The Labute approximate surface area is 152 Å². The Kier molecular flexibility index (Phi) is 6.92. The molecule has 0 aromatic heterocycles. The van der Waals surface area contributed by atoms with E-state index in [-0.39, 0.29) is 30.4 Å². The van der Waals surface area contributed by atoms with Crippen LogP contribution in [-0.4, -0.2) is 19.0 Å². The third-order valence-corrected chi connectivity index (χ3v) is 16.5. The first-order valence-corrected chi connectivity index (χ1v) is 20.8. The molecule has 0 saturated heterocycles. The van der Waals surface area contributed by atoms with Crippen LogP contribution < -0.4 is 3.26 Å². The molecule has 0 spiro atoms. The molecule has 0 bridgehead atoms. The number of halogens is 3. The van der Waals surface area contributed by atoms with Crippen LogP contribution in [0.5, 0.6) is 0 Å². The van der Waals surface area contributed by atoms with E-state index < -0.39 is 17.7 Å². The molecule has 1 heterocycles. The van der Waals surface area contributed by atoms with Crippen LogP contribution in [0, 0.1) is 0 Å². The van der Waals surface area contributed by atoms with Crippen LogP contribution in [0.3, 0.4) is 0 Å². The van der Waals surface area contributed by atoms with Crippen molar-refractivity contribution < 1.29 is 22.4 Å². The van der Waals surface area contributed by atoms with Gasteiger partial charge in [0.2, 0.25) is 0 Å². The number of ether oxygens (including phenoxy) is 1. The third kappa shape index (κ3) is 4.58. The van der Waals surface area contributed by atoms with Crippen molar-refractivity contribution >= 4 is 47.6 Å². The summed E-state index contributed by atoms with van der Waals surface area (Å²) in [5.41, 5.74) is 2.77. The molecule has 0 aromatic rings. The molecular weight excluding hydrogens is 468 g/mol. The molecule has 1 aliphatic carbocycles. The van der Waals surface area contributed by atoms with Gasteiger partial charge in [-0.2, -0.15) is 0 Å². The van der Waals surface area contributed by atoms with Gasteiger partial charge in [-0.05, 0) is 0 Å². The van der Waals surface area contributed by atoms with Crippen molar-refractivity contribution in [1.82, 2.24) is 3.26 Å². The molecule has 2 nitrogen and oxygen atoms in total. The molecule has 0 saturated carbocycles. The molecule has 0 amide bonds. The predicted molar refractivity (Wildman–Crippen MR) is 100 cm³/mol. The fourth-order valence-electron chi connectivity index (χ4n) is 3.49. The quantitative estimate of drug-likeness (QED) is 0.578. The van der Waals surface area contributed by atoms with Crippen molar-refractivity contribution in [2.75, 3.05) is 6.61 Å². The molecule has 2 rings (SSSR count). The van der Waals surface area contributed by atoms with Crippen LogP contribution >= 0.6 is 40.7 Å². The van der Waals surface area contributed by atoms with Gasteiger partial charge in [-0.15, -0.1) is 24.8 Å². The van der Waals surface area contributed by atoms with E-state index in [1.54, 1.807) is 0 Å². The summed E-state index contributed by atoms with van der Waals surface area (Å²) >= 11 is 0.479. The SMILES string of the molecule is CC1=CC2=C(Br)COC2=[C]1[Zr]([CH3])([CH3])(=[SiH2])[NH]C(C)(C)C.Cl.Cl. The maximum atomic E-state index is 5.96. The van der Waals surface area contributed by atoms with Crippen LogP contribution in [0.2, 0.25) is 9.26 Å². The zero-order valence-electron chi connectivity index (χ0n) is 13.6. The molecule has 122 valence electrons. The number of rotatable bonds is 2. The van der Waals surface area contributed by atoms with Crippen LogP contribution in [0.15, 0.2) is 30.7 Å². The molecule has 0 fully saturated rings. The van der Waals surface area contributed by atoms with Crippen LogP contribution in [0.4, 0.5) is 0 Å². The third-order valence-electron chi connectivity index (χ3n) is 3.44. The monoisotopic (exact) mass is 491 g/mol. The molecule has 0 unspecified atom stereocenters. The average molecular weight is 494 g/mol. The molecule has 0 atom stereocenters. The fraction of sp³-hybridized carbons (Fsp3) is 0.571. The van der Waals surface area contributed by atoms with E-state index in [1.807, 2.05) is 0 Å². The Balaban J connectivity index is 0.00000200. The molecule has 7 heteroatoms. The van der Waals surface area contributed by atoms with Crippen LogP contribution in [0.25, 0.3) is 0 Å². The maximum Gasteiger partial charge on any atom is -0.147 e. The van der Waals surface area contributed by atoms with Gasteiger partial charge in [0, 0.05) is 0 Å². The zero-order valence-corrected chi connectivity index (χ0v) is 20.7. The minimum Gasteiger partial charge on any atom is -0.147 e. The predicted octanol–water partition coefficient (Wildman–Crippen LogP) is 4.32. The number of allylic oxidation sites excluding steroid dienone is 3. The van der Waals surface area contributed by atoms with Gasteiger partial charge >= 0.3 is 128 Å². The summed E-state index contributed by atoms with van der Waals surface area (Å²) < 4.78 is 17.5. The number of hydrogen-bond acceptors (Lipinski definition) is 2. The summed E-state index contributed by atoms with van der Waals surface area (Å²) in [4.78, 5) is 0. The standard InChI is InChI=1S/C8H6BrO.C4H10N.2CH3.2ClH.H2Si.Zr/c1-5-2-6-7(9)4-10-8(6)3-5;1-4(2,3)5;;;;;;/h2H,4H2,1H3;5H,1-3H3;2*1H3;2*1H;1H2;/q;-1;;;;;;+1. The first kappa shape index (κ1) is 22.1. The number of hydrogen-bond donors (Lipinski definition) is 1. The molecule has 0 radical (unpaired) electrons. The minimum atomic E-state index is -3.15. The van der Waals surface area contributed by atoms with E-state index >= 15 is 0 Å². The van der Waals surface area contributed by atoms with Gasteiger partial charge in [-0.25, -0.2) is 0 Å². The summed E-state index contributed by atoms with van der Waals surface area (Å²) in [6.45, 7) is 11.9.